The first-order valence-electron chi connectivity index (χ1n) is 21.2. The van der Waals surface area contributed by atoms with Gasteiger partial charge in [0, 0.05) is 216 Å². The third kappa shape index (κ3) is 33.3. The maximum Gasteiger partial charge on any atom is 0.269 e. The van der Waals surface area contributed by atoms with Gasteiger partial charge in [-0.05, 0) is 90.7 Å². The van der Waals surface area contributed by atoms with Gasteiger partial charge in [0.1, 0.15) is 37.1 Å². The Balaban J connectivity index is -0.00000228. The molecule has 0 aliphatic heterocycles. The number of nitrogens with one attached hydrogen (secondary N) is 8. The van der Waals surface area contributed by atoms with Crippen molar-refractivity contribution in [3.05, 3.63) is 180 Å². The molecular weight excluding hydrogens is 2390 g/mol. The minimum Gasteiger partial charge on any atom is -0.603 e. The van der Waals surface area contributed by atoms with Crippen LogP contribution in [0.1, 0.15) is 70.1 Å². The summed E-state index contributed by atoms with van der Waals surface area (Å²) in [5.41, 5.74) is 20.0. The first-order valence-corrected chi connectivity index (χ1v) is 21.2. The molecule has 8 N–H and O–H groups in total. The van der Waals surface area contributed by atoms with E-state index in [9.17, 15) is 38.4 Å². The molecule has 22 nitrogen and oxygen atoms in total. The van der Waals surface area contributed by atoms with Crippen LogP contribution in [0.5, 0.6) is 17.2 Å². The van der Waals surface area contributed by atoms with Gasteiger partial charge in [-0.15, -0.1) is 0 Å². The molecule has 79 heavy (non-hydrogen) atoms. The Kier molecular flexibility index (Phi) is 47.5. The summed E-state index contributed by atoms with van der Waals surface area (Å²) in [6.45, 7) is 8.08. The van der Waals surface area contributed by atoms with Gasteiger partial charge < -0.3 is 85.0 Å². The van der Waals surface area contributed by atoms with Crippen molar-refractivity contribution in [2.24, 2.45) is 5.92 Å². The smallest absolute Gasteiger partial charge is 0.269 e. The van der Waals surface area contributed by atoms with E-state index in [1.165, 1.54) is 42.5 Å². The maximum absolute atomic E-state index is 13.3. The molecule has 4 aromatic rings. The minimum atomic E-state index is -0.800. The predicted octanol–water partition coefficient (Wildman–Crippen LogP) is 2.09. The molecule has 0 saturated heterocycles. The van der Waals surface area contributed by atoms with Gasteiger partial charge in [0.05, 0.1) is 0 Å². The molecular formula is C49H55N11O11W8-8. The largest absolute Gasteiger partial charge is 0.603 e. The number of aryl methyl sites for hydroxylation is 1. The molecule has 0 radical (unpaired) electrons. The van der Waals surface area contributed by atoms with Crippen LogP contribution in [0.3, 0.4) is 0 Å². The van der Waals surface area contributed by atoms with Crippen molar-refractivity contribution in [1.82, 2.24) is 58.1 Å². The number of carbonyl (C=O) groups is 8. The van der Waals surface area contributed by atoms with E-state index in [0.29, 0.717) is 22.4 Å². The van der Waals surface area contributed by atoms with Crippen molar-refractivity contribution in [3.63, 3.8) is 0 Å². The molecule has 0 fully saturated rings. The Labute approximate surface area is 575 Å². The minimum absolute atomic E-state index is 0. The van der Waals surface area contributed by atoms with Gasteiger partial charge in [0.2, 0.25) is 23.6 Å². The van der Waals surface area contributed by atoms with Crippen LogP contribution < -0.4 is 57.6 Å². The van der Waals surface area contributed by atoms with Crippen molar-refractivity contribution >= 4 is 47.3 Å². The molecule has 0 aromatic heterocycles. The van der Waals surface area contributed by atoms with E-state index in [4.69, 9.17) is 14.2 Å². The van der Waals surface area contributed by atoms with Crippen LogP contribution in [0.4, 0.5) is 0 Å². The SMILES string of the molecule is [CH2-]C([CH2-])CC(=O)NNC(=O)c1cc(COc2cc(COc3ccc(C)cc3)cc(OCc3cc(C(=O)NNC(=O)CN([CH2-])[CH2-])cc(C(=O)NNC(=O)CN([CH2-])[CH2-])c3)c2)cc(C(=O)NNC(=O)CN([CH2-])[CH2-])c1.[W].[W].[W].[W].[W].[W].[W].[W]. The van der Waals surface area contributed by atoms with Crippen LogP contribution in [-0.2, 0) is 208 Å². The molecule has 0 saturated carbocycles. The first kappa shape index (κ1) is 85.2. The standard InChI is InChI=1S/C49H55N11O11.8W/c1-30(2)14-42(61)50-54-46(65)35-15-32(16-36(21-35)47(66)55-51-43(62)24-58(4)5)27-70-40-19-34(29-69-39-12-10-31(3)11-13-39)20-41(23-40)71-28-33-17-37(48(67)56-52-44(63)25-59(6)7)22-38(18-33)49(68)57-53-45(64)26-60(8)9;;;;;;;;/h10-13,15-23,30H,1-2,4-9,14,24-29H2,3H3,(H,50,61)(H,51,62)(H,52,63)(H,53,64)(H,54,65)(H,55,66)(H,56,67)(H,57,68);;;;;;;;/q-8;;;;;;;;. The van der Waals surface area contributed by atoms with Gasteiger partial charge in [0.15, 0.2) is 0 Å². The van der Waals surface area contributed by atoms with Crippen LogP contribution in [0.2, 0.25) is 0 Å². The zero-order chi connectivity index (χ0) is 52.2. The topological polar surface area (TPSA) is 270 Å². The van der Waals surface area contributed by atoms with Crippen LogP contribution in [0.25, 0.3) is 0 Å². The van der Waals surface area contributed by atoms with Crippen molar-refractivity contribution < 1.29 is 221 Å². The third-order valence-electron chi connectivity index (χ3n) is 9.05. The Morgan fingerprint density at radius 1 is 0.392 bits per heavy atom. The predicted molar refractivity (Wildman–Crippen MR) is 257 cm³/mol. The fourth-order valence-electron chi connectivity index (χ4n) is 5.93. The third-order valence-corrected chi connectivity index (χ3v) is 9.05. The Hall–Kier alpha value is -2.57. The summed E-state index contributed by atoms with van der Waals surface area (Å²) in [7, 11) is 20.9. The van der Waals surface area contributed by atoms with Gasteiger partial charge in [0.25, 0.3) is 23.6 Å². The first-order chi connectivity index (χ1) is 33.6. The zero-order valence-corrected chi connectivity index (χ0v) is 65.8. The Bertz CT molecular complexity index is 2330. The summed E-state index contributed by atoms with van der Waals surface area (Å²) in [6.07, 6.45) is -0.0770. The van der Waals surface area contributed by atoms with Crippen molar-refractivity contribution in [2.75, 3.05) is 19.6 Å². The van der Waals surface area contributed by atoms with E-state index in [1.807, 2.05) is 19.1 Å². The van der Waals surface area contributed by atoms with Gasteiger partial charge in [-0.25, -0.2) is 0 Å². The molecule has 0 aliphatic carbocycles. The molecule has 0 spiro atoms. The summed E-state index contributed by atoms with van der Waals surface area (Å²) in [5.74, 6) is -5.05. The van der Waals surface area contributed by atoms with E-state index in [2.05, 4.69) is 99.5 Å². The Morgan fingerprint density at radius 2 is 0.671 bits per heavy atom. The van der Waals surface area contributed by atoms with Crippen molar-refractivity contribution in [1.29, 1.82) is 0 Å². The van der Waals surface area contributed by atoms with Crippen LogP contribution in [0, 0.1) is 69.0 Å². The molecule has 428 valence electrons. The fourth-order valence-corrected chi connectivity index (χ4v) is 5.93. The van der Waals surface area contributed by atoms with E-state index in [-0.39, 0.29) is 248 Å². The summed E-state index contributed by atoms with van der Waals surface area (Å²) in [6, 6.07) is 20.4. The number of benzene rings is 4. The number of carbonyl (C=O) groups excluding carboxylic acids is 8. The number of hydrogen-bond donors (Lipinski definition) is 8. The van der Waals surface area contributed by atoms with Crippen molar-refractivity contribution in [3.8, 4) is 17.2 Å². The molecule has 0 atom stereocenters. The van der Waals surface area contributed by atoms with Gasteiger partial charge in [-0.3, -0.25) is 87.7 Å². The van der Waals surface area contributed by atoms with Crippen LogP contribution in [0.15, 0.2) is 78.9 Å². The van der Waals surface area contributed by atoms with E-state index in [1.54, 1.807) is 24.3 Å². The maximum atomic E-state index is 13.3. The second-order valence-electron chi connectivity index (χ2n) is 15.9. The normalized spacial score (nSPS) is 9.73. The summed E-state index contributed by atoms with van der Waals surface area (Å²) in [5, 5.41) is 0. The number of nitrogens with zero attached hydrogens (tertiary/aromatic N) is 3. The quantitative estimate of drug-likeness (QED) is 0.0439. The van der Waals surface area contributed by atoms with E-state index < -0.39 is 53.2 Å². The van der Waals surface area contributed by atoms with Gasteiger partial charge in [-0.1, -0.05) is 17.7 Å². The Morgan fingerprint density at radius 3 is 0.962 bits per heavy atom. The number of hydrazine groups is 4. The van der Waals surface area contributed by atoms with E-state index >= 15 is 0 Å². The molecule has 0 heterocycles. The van der Waals surface area contributed by atoms with Crippen molar-refractivity contribution in [2.45, 2.75) is 33.2 Å². The molecule has 8 amide bonds. The summed E-state index contributed by atoms with van der Waals surface area (Å²) >= 11 is 0. The second-order valence-corrected chi connectivity index (χ2v) is 15.9. The number of ether oxygens (including phenoxy) is 3. The van der Waals surface area contributed by atoms with E-state index in [0.717, 1.165) is 20.3 Å². The molecule has 4 aromatic carbocycles. The average Bonchev–Trinajstić information content (AvgIpc) is 3.30. The second kappa shape index (κ2) is 44.0. The summed E-state index contributed by atoms with van der Waals surface area (Å²) in [4.78, 5) is 105. The molecule has 0 bridgehead atoms. The van der Waals surface area contributed by atoms with Gasteiger partial charge >= 0.3 is 0 Å². The monoisotopic (exact) mass is 2450 g/mol. The van der Waals surface area contributed by atoms with Gasteiger partial charge in [-0.2, -0.15) is 0 Å². The molecule has 0 aliphatic rings. The molecule has 0 unspecified atom stereocenters. The number of hydrogen-bond acceptors (Lipinski definition) is 14. The zero-order valence-electron chi connectivity index (χ0n) is 42.3. The fraction of sp³-hybridized carbons (Fsp3) is 0.184. The van der Waals surface area contributed by atoms with Crippen LogP contribution >= 0.6 is 0 Å². The number of rotatable bonds is 21. The number of amides is 8. The van der Waals surface area contributed by atoms with Crippen LogP contribution in [-0.4, -0.2) is 81.6 Å². The average molecular weight is 2440 g/mol. The molecule has 4 rings (SSSR count). The molecule has 30 heteroatoms. The summed E-state index contributed by atoms with van der Waals surface area (Å²) < 4.78 is 18.5.